The first-order valence-electron chi connectivity index (χ1n) is 6.52. The minimum Gasteiger partial charge on any atom is -0.494 e. The van der Waals surface area contributed by atoms with E-state index in [1.165, 1.54) is 23.5 Å². The third-order valence-corrected chi connectivity index (χ3v) is 5.54. The number of sulfonamides is 1. The second-order valence-corrected chi connectivity index (χ2v) is 7.22. The van der Waals surface area contributed by atoms with Gasteiger partial charge in [-0.3, -0.25) is 4.31 Å². The van der Waals surface area contributed by atoms with Crippen molar-refractivity contribution in [3.8, 4) is 5.75 Å². The summed E-state index contributed by atoms with van der Waals surface area (Å²) in [6.45, 7) is 1.96. The Balaban J connectivity index is 2.47. The highest BCUT2D eigenvalue weighted by molar-refractivity contribution is 9.10. The number of anilines is 1. The maximum Gasteiger partial charge on any atom is 0.264 e. The SMILES string of the molecule is CCN(c1ccc(Br)cc1)S(=O)(=O)c1ccc(OC)c(F)c1. The molecule has 2 aromatic rings. The molecule has 0 N–H and O–H groups in total. The smallest absolute Gasteiger partial charge is 0.264 e. The van der Waals surface area contributed by atoms with E-state index in [0.717, 1.165) is 10.5 Å². The van der Waals surface area contributed by atoms with Gasteiger partial charge in [-0.1, -0.05) is 15.9 Å². The van der Waals surface area contributed by atoms with Crippen LogP contribution in [0.15, 0.2) is 51.8 Å². The molecule has 0 aliphatic rings. The van der Waals surface area contributed by atoms with Crippen LogP contribution in [-0.2, 0) is 10.0 Å². The highest BCUT2D eigenvalue weighted by atomic mass is 79.9. The fraction of sp³-hybridized carbons (Fsp3) is 0.200. The molecule has 0 saturated heterocycles. The maximum absolute atomic E-state index is 13.8. The van der Waals surface area contributed by atoms with Crippen LogP contribution in [0.2, 0.25) is 0 Å². The number of benzene rings is 2. The lowest BCUT2D eigenvalue weighted by molar-refractivity contribution is 0.385. The molecule has 4 nitrogen and oxygen atoms in total. The van der Waals surface area contributed by atoms with E-state index in [-0.39, 0.29) is 17.2 Å². The van der Waals surface area contributed by atoms with Gasteiger partial charge in [0.25, 0.3) is 10.0 Å². The van der Waals surface area contributed by atoms with Crippen LogP contribution in [0.4, 0.5) is 10.1 Å². The molecule has 0 aromatic heterocycles. The Morgan fingerprint density at radius 2 is 1.82 bits per heavy atom. The quantitative estimate of drug-likeness (QED) is 0.783. The maximum atomic E-state index is 13.8. The van der Waals surface area contributed by atoms with E-state index in [1.807, 2.05) is 0 Å². The van der Waals surface area contributed by atoms with E-state index >= 15 is 0 Å². The van der Waals surface area contributed by atoms with Crippen molar-refractivity contribution in [2.45, 2.75) is 11.8 Å². The van der Waals surface area contributed by atoms with Gasteiger partial charge >= 0.3 is 0 Å². The van der Waals surface area contributed by atoms with E-state index in [1.54, 1.807) is 31.2 Å². The molecule has 0 saturated carbocycles. The topological polar surface area (TPSA) is 46.6 Å². The molecule has 0 bridgehead atoms. The second-order valence-electron chi connectivity index (χ2n) is 4.44. The van der Waals surface area contributed by atoms with Gasteiger partial charge in [0.15, 0.2) is 11.6 Å². The summed E-state index contributed by atoms with van der Waals surface area (Å²) >= 11 is 3.31. The summed E-state index contributed by atoms with van der Waals surface area (Å²) in [5.74, 6) is -0.707. The molecule has 0 atom stereocenters. The number of nitrogens with zero attached hydrogens (tertiary/aromatic N) is 1. The molecule has 0 aliphatic carbocycles. The van der Waals surface area contributed by atoms with E-state index in [2.05, 4.69) is 15.9 Å². The number of rotatable bonds is 5. The lowest BCUT2D eigenvalue weighted by atomic mass is 10.3. The lowest BCUT2D eigenvalue weighted by Crippen LogP contribution is -2.30. The highest BCUT2D eigenvalue weighted by Crippen LogP contribution is 2.27. The molecule has 0 spiro atoms. The molecule has 0 unspecified atom stereocenters. The Hall–Kier alpha value is -1.60. The van der Waals surface area contributed by atoms with Crippen LogP contribution in [0.5, 0.6) is 5.75 Å². The van der Waals surface area contributed by atoms with Crippen LogP contribution in [0.25, 0.3) is 0 Å². The van der Waals surface area contributed by atoms with Gasteiger partial charge in [-0.25, -0.2) is 12.8 Å². The van der Waals surface area contributed by atoms with Gasteiger partial charge in [0.1, 0.15) is 0 Å². The molecular formula is C15H15BrFNO3S. The number of hydrogen-bond donors (Lipinski definition) is 0. The zero-order chi connectivity index (χ0) is 16.3. The van der Waals surface area contributed by atoms with Crippen LogP contribution < -0.4 is 9.04 Å². The normalized spacial score (nSPS) is 11.3. The Labute approximate surface area is 137 Å². The molecule has 2 aromatic carbocycles. The summed E-state index contributed by atoms with van der Waals surface area (Å²) < 4.78 is 46.1. The molecule has 0 radical (unpaired) electrons. The number of methoxy groups -OCH3 is 1. The predicted octanol–water partition coefficient (Wildman–Crippen LogP) is 3.81. The Morgan fingerprint density at radius 3 is 2.32 bits per heavy atom. The number of hydrogen-bond acceptors (Lipinski definition) is 3. The summed E-state index contributed by atoms with van der Waals surface area (Å²) in [4.78, 5) is -0.115. The number of ether oxygens (including phenoxy) is 1. The van der Waals surface area contributed by atoms with Crippen molar-refractivity contribution in [1.29, 1.82) is 0 Å². The first kappa shape index (κ1) is 16.8. The lowest BCUT2D eigenvalue weighted by Gasteiger charge is -2.23. The fourth-order valence-corrected chi connectivity index (χ4v) is 3.78. The van der Waals surface area contributed by atoms with Crippen LogP contribution in [0.1, 0.15) is 6.92 Å². The summed E-state index contributed by atoms with van der Waals surface area (Å²) in [6.07, 6.45) is 0. The zero-order valence-electron chi connectivity index (χ0n) is 12.1. The van der Waals surface area contributed by atoms with Crippen molar-refractivity contribution in [3.05, 3.63) is 52.8 Å². The van der Waals surface area contributed by atoms with Crippen molar-refractivity contribution in [2.75, 3.05) is 18.0 Å². The summed E-state index contributed by atoms with van der Waals surface area (Å²) in [5, 5.41) is 0. The second kappa shape index (κ2) is 6.66. The van der Waals surface area contributed by atoms with Crippen molar-refractivity contribution in [3.63, 3.8) is 0 Å². The molecule has 0 fully saturated rings. The van der Waals surface area contributed by atoms with Crippen molar-refractivity contribution in [1.82, 2.24) is 0 Å². The summed E-state index contributed by atoms with van der Waals surface area (Å²) in [7, 11) is -2.52. The zero-order valence-corrected chi connectivity index (χ0v) is 14.5. The average Bonchev–Trinajstić information content (AvgIpc) is 2.49. The molecule has 2 rings (SSSR count). The molecule has 7 heteroatoms. The molecule has 0 aliphatic heterocycles. The molecule has 22 heavy (non-hydrogen) atoms. The van der Waals surface area contributed by atoms with Crippen molar-refractivity contribution >= 4 is 31.6 Å². The highest BCUT2D eigenvalue weighted by Gasteiger charge is 2.24. The van der Waals surface area contributed by atoms with Gasteiger partial charge in [-0.15, -0.1) is 0 Å². The summed E-state index contributed by atoms with van der Waals surface area (Å²) in [5.41, 5.74) is 0.516. The van der Waals surface area contributed by atoms with E-state index in [9.17, 15) is 12.8 Å². The third kappa shape index (κ3) is 3.25. The first-order chi connectivity index (χ1) is 10.4. The monoisotopic (exact) mass is 387 g/mol. The minimum absolute atomic E-state index is 0.00522. The number of halogens is 2. The van der Waals surface area contributed by atoms with Crippen LogP contribution in [0.3, 0.4) is 0 Å². The van der Waals surface area contributed by atoms with Gasteiger partial charge in [-0.2, -0.15) is 0 Å². The Bertz CT molecular complexity index is 763. The first-order valence-corrected chi connectivity index (χ1v) is 8.75. The fourth-order valence-electron chi connectivity index (χ4n) is 2.03. The van der Waals surface area contributed by atoms with Crippen LogP contribution in [0, 0.1) is 5.82 Å². The van der Waals surface area contributed by atoms with Crippen molar-refractivity contribution < 1.29 is 17.5 Å². The molecule has 118 valence electrons. The standard InChI is InChI=1S/C15H15BrFNO3S/c1-3-18(12-6-4-11(16)5-7-12)22(19,20)13-8-9-15(21-2)14(17)10-13/h4-10H,3H2,1-2H3. The van der Waals surface area contributed by atoms with Gasteiger partial charge in [0.05, 0.1) is 17.7 Å². The molecular weight excluding hydrogens is 373 g/mol. The van der Waals surface area contributed by atoms with E-state index in [0.29, 0.717) is 5.69 Å². The minimum atomic E-state index is -3.84. The Morgan fingerprint density at radius 1 is 1.18 bits per heavy atom. The van der Waals surface area contributed by atoms with Crippen LogP contribution >= 0.6 is 15.9 Å². The van der Waals surface area contributed by atoms with Gasteiger partial charge in [0.2, 0.25) is 0 Å². The predicted molar refractivity (Wildman–Crippen MR) is 87.3 cm³/mol. The van der Waals surface area contributed by atoms with Crippen LogP contribution in [-0.4, -0.2) is 22.1 Å². The van der Waals surface area contributed by atoms with E-state index in [4.69, 9.17) is 4.74 Å². The molecule has 0 heterocycles. The Kier molecular flexibility index (Phi) is 5.08. The average molecular weight is 388 g/mol. The van der Waals surface area contributed by atoms with Crippen molar-refractivity contribution in [2.24, 2.45) is 0 Å². The van der Waals surface area contributed by atoms with Gasteiger partial charge in [-0.05, 0) is 49.4 Å². The summed E-state index contributed by atoms with van der Waals surface area (Å²) in [6, 6.07) is 10.5. The van der Waals surface area contributed by atoms with Gasteiger partial charge in [0, 0.05) is 11.0 Å². The molecule has 0 amide bonds. The van der Waals surface area contributed by atoms with Gasteiger partial charge < -0.3 is 4.74 Å². The third-order valence-electron chi connectivity index (χ3n) is 3.11. The largest absolute Gasteiger partial charge is 0.494 e. The van der Waals surface area contributed by atoms with E-state index < -0.39 is 15.8 Å².